The number of fused-ring (bicyclic) bond motifs is 1. The largest absolute Gasteiger partial charge is 0.340 e. The number of hydrogen-bond acceptors (Lipinski definition) is 5. The van der Waals surface area contributed by atoms with Crippen LogP contribution in [-0.4, -0.2) is 19.7 Å². The summed E-state index contributed by atoms with van der Waals surface area (Å²) in [5.74, 6) is 2.23. The van der Waals surface area contributed by atoms with Gasteiger partial charge in [0.15, 0.2) is 5.82 Å². The SMILES string of the molecule is Cc1nc(CNC(C)c2nc3ccccc3n2C)no1. The fourth-order valence-corrected chi connectivity index (χ4v) is 2.30. The van der Waals surface area contributed by atoms with Crippen molar-refractivity contribution in [2.45, 2.75) is 26.4 Å². The first-order chi connectivity index (χ1) is 9.65. The molecule has 0 spiro atoms. The quantitative estimate of drug-likeness (QED) is 0.787. The maximum absolute atomic E-state index is 4.95. The topological polar surface area (TPSA) is 68.8 Å². The molecule has 1 N–H and O–H groups in total. The van der Waals surface area contributed by atoms with Crippen molar-refractivity contribution in [1.29, 1.82) is 0 Å². The van der Waals surface area contributed by atoms with E-state index in [1.54, 1.807) is 6.92 Å². The zero-order valence-corrected chi connectivity index (χ0v) is 11.8. The van der Waals surface area contributed by atoms with Crippen LogP contribution in [0.3, 0.4) is 0 Å². The Morgan fingerprint density at radius 1 is 1.30 bits per heavy atom. The molecule has 0 aliphatic rings. The molecule has 20 heavy (non-hydrogen) atoms. The molecule has 0 bridgehead atoms. The molecule has 6 heteroatoms. The van der Waals surface area contributed by atoms with E-state index in [4.69, 9.17) is 4.52 Å². The number of imidazole rings is 1. The molecule has 0 radical (unpaired) electrons. The fourth-order valence-electron chi connectivity index (χ4n) is 2.30. The third-order valence-electron chi connectivity index (χ3n) is 3.35. The number of rotatable bonds is 4. The van der Waals surface area contributed by atoms with Gasteiger partial charge in [-0.05, 0) is 19.1 Å². The van der Waals surface area contributed by atoms with Gasteiger partial charge < -0.3 is 14.4 Å². The van der Waals surface area contributed by atoms with E-state index in [1.807, 2.05) is 25.2 Å². The van der Waals surface area contributed by atoms with Crippen LogP contribution in [0.4, 0.5) is 0 Å². The Hall–Kier alpha value is -2.21. The minimum absolute atomic E-state index is 0.103. The molecule has 0 amide bonds. The molecule has 2 aromatic heterocycles. The zero-order chi connectivity index (χ0) is 14.1. The van der Waals surface area contributed by atoms with Crippen molar-refractivity contribution in [2.75, 3.05) is 0 Å². The van der Waals surface area contributed by atoms with Gasteiger partial charge in [-0.1, -0.05) is 17.3 Å². The van der Waals surface area contributed by atoms with Gasteiger partial charge in [0.05, 0.1) is 23.6 Å². The Morgan fingerprint density at radius 3 is 2.80 bits per heavy atom. The first-order valence-electron chi connectivity index (χ1n) is 6.59. The van der Waals surface area contributed by atoms with E-state index < -0.39 is 0 Å². The van der Waals surface area contributed by atoms with Crippen LogP contribution >= 0.6 is 0 Å². The Bertz CT molecular complexity index is 730. The predicted molar refractivity (Wildman–Crippen MR) is 75.0 cm³/mol. The number of nitrogens with zero attached hydrogens (tertiary/aromatic N) is 4. The summed E-state index contributed by atoms with van der Waals surface area (Å²) in [7, 11) is 2.03. The molecule has 1 aromatic carbocycles. The van der Waals surface area contributed by atoms with Crippen LogP contribution in [0, 0.1) is 6.92 Å². The van der Waals surface area contributed by atoms with Crippen molar-refractivity contribution >= 4 is 11.0 Å². The third kappa shape index (κ3) is 2.30. The lowest BCUT2D eigenvalue weighted by Crippen LogP contribution is -2.21. The molecule has 104 valence electrons. The van der Waals surface area contributed by atoms with Gasteiger partial charge in [-0.15, -0.1) is 0 Å². The molecule has 0 saturated heterocycles. The van der Waals surface area contributed by atoms with E-state index in [1.165, 1.54) is 0 Å². The van der Waals surface area contributed by atoms with Crippen LogP contribution in [0.5, 0.6) is 0 Å². The summed E-state index contributed by atoms with van der Waals surface area (Å²) >= 11 is 0. The van der Waals surface area contributed by atoms with Gasteiger partial charge in [0, 0.05) is 14.0 Å². The van der Waals surface area contributed by atoms with E-state index in [9.17, 15) is 0 Å². The predicted octanol–water partition coefficient (Wildman–Crippen LogP) is 2.12. The van der Waals surface area contributed by atoms with Gasteiger partial charge in [-0.2, -0.15) is 4.98 Å². The average Bonchev–Trinajstić information content (AvgIpc) is 3.01. The fraction of sp³-hybridized carbons (Fsp3) is 0.357. The van der Waals surface area contributed by atoms with E-state index in [0.29, 0.717) is 18.3 Å². The summed E-state index contributed by atoms with van der Waals surface area (Å²) in [5.41, 5.74) is 2.14. The normalized spacial score (nSPS) is 12.9. The molecule has 0 fully saturated rings. The number of hydrogen-bond donors (Lipinski definition) is 1. The van der Waals surface area contributed by atoms with Crippen molar-refractivity contribution in [1.82, 2.24) is 25.0 Å². The minimum Gasteiger partial charge on any atom is -0.340 e. The van der Waals surface area contributed by atoms with Crippen molar-refractivity contribution in [2.24, 2.45) is 7.05 Å². The second-order valence-electron chi connectivity index (χ2n) is 4.85. The number of benzene rings is 1. The number of aromatic nitrogens is 4. The number of aryl methyl sites for hydroxylation is 2. The first kappa shape index (κ1) is 12.8. The third-order valence-corrected chi connectivity index (χ3v) is 3.35. The van der Waals surface area contributed by atoms with Crippen LogP contribution in [0.15, 0.2) is 28.8 Å². The van der Waals surface area contributed by atoms with E-state index in [0.717, 1.165) is 16.9 Å². The molecule has 0 aliphatic carbocycles. The molecule has 1 atom stereocenters. The first-order valence-corrected chi connectivity index (χ1v) is 6.59. The molecule has 1 unspecified atom stereocenters. The monoisotopic (exact) mass is 271 g/mol. The summed E-state index contributed by atoms with van der Waals surface area (Å²) in [6.07, 6.45) is 0. The van der Waals surface area contributed by atoms with Gasteiger partial charge in [-0.3, -0.25) is 0 Å². The van der Waals surface area contributed by atoms with Crippen LogP contribution in [0.1, 0.15) is 30.5 Å². The maximum Gasteiger partial charge on any atom is 0.223 e. The van der Waals surface area contributed by atoms with Crippen molar-refractivity contribution < 1.29 is 4.52 Å². The summed E-state index contributed by atoms with van der Waals surface area (Å²) in [5, 5.41) is 7.23. The van der Waals surface area contributed by atoms with Crippen LogP contribution in [-0.2, 0) is 13.6 Å². The Labute approximate surface area is 116 Å². The highest BCUT2D eigenvalue weighted by Gasteiger charge is 2.14. The number of para-hydroxylation sites is 2. The van der Waals surface area contributed by atoms with Crippen molar-refractivity contribution in [3.8, 4) is 0 Å². The zero-order valence-electron chi connectivity index (χ0n) is 11.8. The summed E-state index contributed by atoms with van der Waals surface area (Å²) in [4.78, 5) is 8.84. The molecule has 0 aliphatic heterocycles. The van der Waals surface area contributed by atoms with Gasteiger partial charge in [0.1, 0.15) is 5.82 Å². The van der Waals surface area contributed by atoms with E-state index >= 15 is 0 Å². The van der Waals surface area contributed by atoms with Gasteiger partial charge >= 0.3 is 0 Å². The summed E-state index contributed by atoms with van der Waals surface area (Å²) < 4.78 is 7.06. The molecule has 0 saturated carbocycles. The van der Waals surface area contributed by atoms with Crippen LogP contribution < -0.4 is 5.32 Å². The minimum atomic E-state index is 0.103. The highest BCUT2D eigenvalue weighted by atomic mass is 16.5. The maximum atomic E-state index is 4.95. The van der Waals surface area contributed by atoms with E-state index in [2.05, 4.69) is 38.0 Å². The Morgan fingerprint density at radius 2 is 2.10 bits per heavy atom. The second kappa shape index (κ2) is 5.05. The Balaban J connectivity index is 1.78. The molecular weight excluding hydrogens is 254 g/mol. The lowest BCUT2D eigenvalue weighted by Gasteiger charge is -2.12. The lowest BCUT2D eigenvalue weighted by molar-refractivity contribution is 0.383. The lowest BCUT2D eigenvalue weighted by atomic mass is 10.3. The summed E-state index contributed by atoms with van der Waals surface area (Å²) in [6, 6.07) is 8.22. The standard InChI is InChI=1S/C14H17N5O/c1-9(15-8-13-16-10(2)20-18-13)14-17-11-6-4-5-7-12(11)19(14)3/h4-7,9,15H,8H2,1-3H3. The molecule has 2 heterocycles. The van der Waals surface area contributed by atoms with Crippen LogP contribution in [0.25, 0.3) is 11.0 Å². The van der Waals surface area contributed by atoms with Crippen molar-refractivity contribution in [3.05, 3.63) is 41.8 Å². The molecular formula is C14H17N5O. The van der Waals surface area contributed by atoms with Crippen LogP contribution in [0.2, 0.25) is 0 Å². The second-order valence-corrected chi connectivity index (χ2v) is 4.85. The average molecular weight is 271 g/mol. The molecule has 3 rings (SSSR count). The molecule has 6 nitrogen and oxygen atoms in total. The summed E-state index contributed by atoms with van der Waals surface area (Å²) in [6.45, 7) is 4.42. The highest BCUT2D eigenvalue weighted by molar-refractivity contribution is 5.75. The highest BCUT2D eigenvalue weighted by Crippen LogP contribution is 2.19. The van der Waals surface area contributed by atoms with Gasteiger partial charge in [0.2, 0.25) is 5.89 Å². The van der Waals surface area contributed by atoms with Gasteiger partial charge in [-0.25, -0.2) is 4.98 Å². The van der Waals surface area contributed by atoms with Gasteiger partial charge in [0.25, 0.3) is 0 Å². The van der Waals surface area contributed by atoms with Crippen molar-refractivity contribution in [3.63, 3.8) is 0 Å². The number of nitrogens with one attached hydrogen (secondary N) is 1. The van der Waals surface area contributed by atoms with E-state index in [-0.39, 0.29) is 6.04 Å². The Kier molecular flexibility index (Phi) is 3.23. The molecule has 3 aromatic rings. The smallest absolute Gasteiger partial charge is 0.223 e.